The molecule has 0 heterocycles. The number of hydrogen-bond donors (Lipinski definition) is 3. The van der Waals surface area contributed by atoms with Crippen LogP contribution in [0.15, 0.2) is 12.2 Å². The van der Waals surface area contributed by atoms with Crippen LogP contribution >= 0.6 is 0 Å². The zero-order chi connectivity index (χ0) is 20.4. The van der Waals surface area contributed by atoms with Crippen molar-refractivity contribution in [1.82, 2.24) is 0 Å². The van der Waals surface area contributed by atoms with Crippen LogP contribution in [0, 0.1) is 17.3 Å². The van der Waals surface area contributed by atoms with Crippen molar-refractivity contribution in [3.63, 3.8) is 0 Å². The van der Waals surface area contributed by atoms with Crippen LogP contribution in [-0.2, 0) is 9.59 Å². The van der Waals surface area contributed by atoms with Gasteiger partial charge in [-0.25, -0.2) is 0 Å². The number of aliphatic carboxylic acids is 1. The van der Waals surface area contributed by atoms with Gasteiger partial charge in [0.15, 0.2) is 0 Å². The number of carbonyl (C=O) groups is 2. The monoisotopic (exact) mass is 382 g/mol. The van der Waals surface area contributed by atoms with Gasteiger partial charge in [-0.2, -0.15) is 0 Å². The van der Waals surface area contributed by atoms with E-state index in [-0.39, 0.29) is 30.1 Å². The largest absolute Gasteiger partial charge is 0.481 e. The summed E-state index contributed by atoms with van der Waals surface area (Å²) >= 11 is 0. The fourth-order valence-electron chi connectivity index (χ4n) is 4.11. The van der Waals surface area contributed by atoms with Crippen LogP contribution in [0.4, 0.5) is 0 Å². The molecule has 1 fully saturated rings. The molecule has 0 radical (unpaired) electrons. The molecule has 1 aliphatic carbocycles. The Bertz CT molecular complexity index is 497. The van der Waals surface area contributed by atoms with Crippen LogP contribution in [0.3, 0.4) is 0 Å². The van der Waals surface area contributed by atoms with E-state index in [9.17, 15) is 19.8 Å². The SMILES string of the molecule is CCCCC[C@H](O)CC[C@@H]1[C@@H](C/C=C\CCCC(=O)O)C(=O)C(C)(C)[C@H]1O. The van der Waals surface area contributed by atoms with Crippen LogP contribution in [0.1, 0.15) is 85.0 Å². The number of carbonyl (C=O) groups excluding carboxylic acids is 1. The number of aliphatic hydroxyl groups excluding tert-OH is 2. The van der Waals surface area contributed by atoms with Gasteiger partial charge in [0.05, 0.1) is 12.2 Å². The fraction of sp³-hybridized carbons (Fsp3) is 0.818. The molecule has 5 heteroatoms. The second-order valence-electron chi connectivity index (χ2n) is 8.52. The first-order valence-electron chi connectivity index (χ1n) is 10.5. The minimum Gasteiger partial charge on any atom is -0.481 e. The molecule has 0 unspecified atom stereocenters. The number of allylic oxidation sites excluding steroid dienone is 2. The third-order valence-electron chi connectivity index (χ3n) is 5.93. The van der Waals surface area contributed by atoms with Gasteiger partial charge in [-0.15, -0.1) is 0 Å². The Morgan fingerprint density at radius 1 is 1.19 bits per heavy atom. The van der Waals surface area contributed by atoms with Crippen molar-refractivity contribution in [3.05, 3.63) is 12.2 Å². The molecule has 4 atom stereocenters. The van der Waals surface area contributed by atoms with E-state index in [4.69, 9.17) is 5.11 Å². The highest BCUT2D eigenvalue weighted by molar-refractivity contribution is 5.90. The molecular weight excluding hydrogens is 344 g/mol. The fourth-order valence-corrected chi connectivity index (χ4v) is 4.11. The molecule has 0 bridgehead atoms. The molecule has 0 aliphatic heterocycles. The van der Waals surface area contributed by atoms with Crippen LogP contribution in [0.5, 0.6) is 0 Å². The van der Waals surface area contributed by atoms with Crippen molar-refractivity contribution in [1.29, 1.82) is 0 Å². The second kappa shape index (κ2) is 11.6. The van der Waals surface area contributed by atoms with Gasteiger partial charge >= 0.3 is 5.97 Å². The summed E-state index contributed by atoms with van der Waals surface area (Å²) in [4.78, 5) is 23.3. The normalized spacial score (nSPS) is 26.0. The third-order valence-corrected chi connectivity index (χ3v) is 5.93. The lowest BCUT2D eigenvalue weighted by Gasteiger charge is -2.25. The quantitative estimate of drug-likeness (QED) is 0.329. The average molecular weight is 383 g/mol. The predicted octanol–water partition coefficient (Wildman–Crippen LogP) is 4.11. The van der Waals surface area contributed by atoms with E-state index in [1.807, 2.05) is 12.2 Å². The van der Waals surface area contributed by atoms with Gasteiger partial charge in [-0.05, 0) is 44.4 Å². The molecule has 0 aromatic rings. The molecule has 0 aromatic heterocycles. The van der Waals surface area contributed by atoms with Gasteiger partial charge in [-0.3, -0.25) is 9.59 Å². The van der Waals surface area contributed by atoms with Crippen LogP contribution in [0.2, 0.25) is 0 Å². The Kier molecular flexibility index (Phi) is 10.2. The van der Waals surface area contributed by atoms with Crippen molar-refractivity contribution < 1.29 is 24.9 Å². The smallest absolute Gasteiger partial charge is 0.303 e. The van der Waals surface area contributed by atoms with E-state index in [0.717, 1.165) is 25.7 Å². The number of unbranched alkanes of at least 4 members (excludes halogenated alkanes) is 3. The van der Waals surface area contributed by atoms with Crippen molar-refractivity contribution in [2.24, 2.45) is 17.3 Å². The molecule has 1 rings (SSSR count). The predicted molar refractivity (Wildman–Crippen MR) is 106 cm³/mol. The molecular formula is C22H38O5. The lowest BCUT2D eigenvalue weighted by molar-refractivity contribution is -0.137. The number of ketones is 1. The van der Waals surface area contributed by atoms with Crippen molar-refractivity contribution in [3.8, 4) is 0 Å². The first kappa shape index (κ1) is 23.8. The third kappa shape index (κ3) is 7.38. The Balaban J connectivity index is 2.58. The number of hydrogen-bond acceptors (Lipinski definition) is 4. The van der Waals surface area contributed by atoms with Gasteiger partial charge in [0.25, 0.3) is 0 Å². The topological polar surface area (TPSA) is 94.8 Å². The highest BCUT2D eigenvalue weighted by atomic mass is 16.4. The highest BCUT2D eigenvalue weighted by Gasteiger charge is 2.53. The summed E-state index contributed by atoms with van der Waals surface area (Å²) in [5.41, 5.74) is -0.750. The average Bonchev–Trinajstić information content (AvgIpc) is 2.76. The van der Waals surface area contributed by atoms with Gasteiger partial charge in [0.2, 0.25) is 0 Å². The molecule has 0 spiro atoms. The Hall–Kier alpha value is -1.20. The minimum absolute atomic E-state index is 0.0932. The van der Waals surface area contributed by atoms with Crippen molar-refractivity contribution in [2.45, 2.75) is 97.2 Å². The molecule has 0 saturated heterocycles. The maximum atomic E-state index is 12.8. The van der Waals surface area contributed by atoms with E-state index >= 15 is 0 Å². The standard InChI is InChI=1S/C22H38O5/c1-4-5-8-11-16(23)14-15-18-17(20(26)22(2,3)21(18)27)12-9-6-7-10-13-19(24)25/h6,9,16-18,21,23,27H,4-5,7-8,10-15H2,1-3H3,(H,24,25)/b9-6-/t16-,17+,18+,21-/m0/s1. The Morgan fingerprint density at radius 2 is 1.89 bits per heavy atom. The lowest BCUT2D eigenvalue weighted by atomic mass is 9.85. The maximum absolute atomic E-state index is 12.8. The van der Waals surface area contributed by atoms with E-state index in [2.05, 4.69) is 6.92 Å². The molecule has 1 saturated carbocycles. The summed E-state index contributed by atoms with van der Waals surface area (Å²) in [6.45, 7) is 5.75. The van der Waals surface area contributed by atoms with E-state index in [1.165, 1.54) is 0 Å². The Morgan fingerprint density at radius 3 is 2.52 bits per heavy atom. The second-order valence-corrected chi connectivity index (χ2v) is 8.52. The number of carboxylic acid groups (broad SMARTS) is 1. The summed E-state index contributed by atoms with van der Waals surface area (Å²) in [5, 5.41) is 29.5. The van der Waals surface area contributed by atoms with Crippen LogP contribution in [-0.4, -0.2) is 39.3 Å². The number of rotatable bonds is 13. The first-order valence-corrected chi connectivity index (χ1v) is 10.5. The number of Topliss-reactive ketones (excluding diaryl/α,β-unsaturated/α-hetero) is 1. The van der Waals surface area contributed by atoms with Gasteiger partial charge < -0.3 is 15.3 Å². The molecule has 156 valence electrons. The van der Waals surface area contributed by atoms with E-state index in [1.54, 1.807) is 13.8 Å². The van der Waals surface area contributed by atoms with Crippen molar-refractivity contribution >= 4 is 11.8 Å². The van der Waals surface area contributed by atoms with E-state index in [0.29, 0.717) is 32.1 Å². The summed E-state index contributed by atoms with van der Waals surface area (Å²) in [5.74, 6) is -1.06. The molecule has 3 N–H and O–H groups in total. The molecule has 1 aliphatic rings. The van der Waals surface area contributed by atoms with Gasteiger partial charge in [-0.1, -0.05) is 52.2 Å². The van der Waals surface area contributed by atoms with Gasteiger partial charge in [0, 0.05) is 17.8 Å². The minimum atomic E-state index is -0.795. The zero-order valence-electron chi connectivity index (χ0n) is 17.2. The summed E-state index contributed by atoms with van der Waals surface area (Å²) in [6.07, 6.45) is 10.1. The first-order chi connectivity index (χ1) is 12.7. The number of aliphatic hydroxyl groups is 2. The summed E-state index contributed by atoms with van der Waals surface area (Å²) in [7, 11) is 0. The molecule has 5 nitrogen and oxygen atoms in total. The highest BCUT2D eigenvalue weighted by Crippen LogP contribution is 2.46. The number of carboxylic acids is 1. The van der Waals surface area contributed by atoms with Crippen LogP contribution in [0.25, 0.3) is 0 Å². The maximum Gasteiger partial charge on any atom is 0.303 e. The lowest BCUT2D eigenvalue weighted by Crippen LogP contribution is -2.32. The van der Waals surface area contributed by atoms with Crippen LogP contribution < -0.4 is 0 Å². The molecule has 0 aromatic carbocycles. The molecule has 27 heavy (non-hydrogen) atoms. The summed E-state index contributed by atoms with van der Waals surface area (Å²) < 4.78 is 0. The summed E-state index contributed by atoms with van der Waals surface area (Å²) in [6, 6.07) is 0. The van der Waals surface area contributed by atoms with E-state index < -0.39 is 17.5 Å². The van der Waals surface area contributed by atoms with Gasteiger partial charge in [0.1, 0.15) is 5.78 Å². The van der Waals surface area contributed by atoms with Crippen molar-refractivity contribution in [2.75, 3.05) is 0 Å². The zero-order valence-corrected chi connectivity index (χ0v) is 17.2. The molecule has 0 amide bonds. The Labute approximate surface area is 163 Å².